The molecule has 1 N–H and O–H groups in total. The van der Waals surface area contributed by atoms with E-state index in [2.05, 4.69) is 12.2 Å². The highest BCUT2D eigenvalue weighted by molar-refractivity contribution is 6.30. The van der Waals surface area contributed by atoms with Gasteiger partial charge in [-0.3, -0.25) is 0 Å². The highest BCUT2D eigenvalue weighted by Crippen LogP contribution is 2.30. The minimum Gasteiger partial charge on any atom is -0.313 e. The maximum Gasteiger partial charge on any atom is 0.131 e. The van der Waals surface area contributed by atoms with E-state index in [1.807, 2.05) is 6.07 Å². The second-order valence-corrected chi connectivity index (χ2v) is 5.50. The summed E-state index contributed by atoms with van der Waals surface area (Å²) in [5.74, 6) is -0.855. The molecule has 0 aliphatic rings. The first-order chi connectivity index (χ1) is 10.0. The molecule has 0 aliphatic heterocycles. The third-order valence-electron chi connectivity index (χ3n) is 3.35. The summed E-state index contributed by atoms with van der Waals surface area (Å²) in [6.45, 7) is 5.08. The molecule has 112 valence electrons. The zero-order valence-electron chi connectivity index (χ0n) is 12.1. The van der Waals surface area contributed by atoms with Gasteiger partial charge in [0.25, 0.3) is 0 Å². The number of hydrogen-bond acceptors (Lipinski definition) is 1. The average Bonchev–Trinajstić information content (AvgIpc) is 2.45. The van der Waals surface area contributed by atoms with Crippen molar-refractivity contribution >= 4 is 11.6 Å². The molecule has 0 saturated carbocycles. The summed E-state index contributed by atoms with van der Waals surface area (Å²) < 4.78 is 28.0. The van der Waals surface area contributed by atoms with Crippen molar-refractivity contribution in [1.29, 1.82) is 0 Å². The van der Waals surface area contributed by atoms with Crippen molar-refractivity contribution < 1.29 is 8.78 Å². The Kier molecular flexibility index (Phi) is 5.32. The van der Waals surface area contributed by atoms with Gasteiger partial charge in [-0.15, -0.1) is 0 Å². The van der Waals surface area contributed by atoms with E-state index in [0.29, 0.717) is 22.7 Å². The van der Waals surface area contributed by atoms with E-state index in [9.17, 15) is 8.78 Å². The Bertz CT molecular complexity index is 641. The monoisotopic (exact) mass is 309 g/mol. The van der Waals surface area contributed by atoms with Crippen molar-refractivity contribution in [2.24, 2.45) is 0 Å². The van der Waals surface area contributed by atoms with Gasteiger partial charge in [-0.2, -0.15) is 0 Å². The van der Waals surface area contributed by atoms with Gasteiger partial charge in [0.1, 0.15) is 11.6 Å². The van der Waals surface area contributed by atoms with Crippen LogP contribution in [0.25, 0.3) is 11.1 Å². The summed E-state index contributed by atoms with van der Waals surface area (Å²) in [6, 6.07) is 7.74. The van der Waals surface area contributed by atoms with Crippen LogP contribution >= 0.6 is 11.6 Å². The predicted octanol–water partition coefficient (Wildman–Crippen LogP) is 5.09. The molecule has 0 spiro atoms. The molecule has 0 heterocycles. The minimum atomic E-state index is -0.437. The van der Waals surface area contributed by atoms with Crippen LogP contribution in [0.4, 0.5) is 8.78 Å². The van der Waals surface area contributed by atoms with Crippen molar-refractivity contribution in [2.75, 3.05) is 6.54 Å². The molecule has 0 atom stereocenters. The lowest BCUT2D eigenvalue weighted by Crippen LogP contribution is -2.14. The first-order valence-corrected chi connectivity index (χ1v) is 7.36. The number of benzene rings is 2. The fourth-order valence-electron chi connectivity index (χ4n) is 2.21. The van der Waals surface area contributed by atoms with Crippen LogP contribution < -0.4 is 5.32 Å². The van der Waals surface area contributed by atoms with Crippen LogP contribution in [-0.4, -0.2) is 6.54 Å². The van der Waals surface area contributed by atoms with E-state index < -0.39 is 11.6 Å². The Morgan fingerprint density at radius 3 is 2.52 bits per heavy atom. The van der Waals surface area contributed by atoms with Gasteiger partial charge in [-0.1, -0.05) is 24.6 Å². The molecule has 4 heteroatoms. The van der Waals surface area contributed by atoms with Crippen molar-refractivity contribution in [1.82, 2.24) is 5.32 Å². The van der Waals surface area contributed by atoms with Crippen LogP contribution in [0.2, 0.25) is 5.02 Å². The average molecular weight is 310 g/mol. The molecular formula is C17H18ClF2N. The maximum absolute atomic E-state index is 14.2. The van der Waals surface area contributed by atoms with Gasteiger partial charge in [0.05, 0.1) is 0 Å². The Morgan fingerprint density at radius 1 is 1.05 bits per heavy atom. The zero-order chi connectivity index (χ0) is 15.4. The van der Waals surface area contributed by atoms with Crippen molar-refractivity contribution in [2.45, 2.75) is 26.8 Å². The summed E-state index contributed by atoms with van der Waals surface area (Å²) >= 11 is 6.01. The van der Waals surface area contributed by atoms with Gasteiger partial charge >= 0.3 is 0 Å². The number of nitrogens with one attached hydrogen (secondary N) is 1. The van der Waals surface area contributed by atoms with Crippen molar-refractivity contribution in [3.63, 3.8) is 0 Å². The van der Waals surface area contributed by atoms with Crippen molar-refractivity contribution in [3.05, 3.63) is 58.1 Å². The zero-order valence-corrected chi connectivity index (χ0v) is 12.9. The third kappa shape index (κ3) is 3.80. The Morgan fingerprint density at radius 2 is 1.81 bits per heavy atom. The molecule has 0 aliphatic carbocycles. The molecule has 1 nitrogen and oxygen atoms in total. The minimum absolute atomic E-state index is 0.244. The number of hydrogen-bond donors (Lipinski definition) is 1. The topological polar surface area (TPSA) is 12.0 Å². The number of aryl methyl sites for hydroxylation is 1. The number of rotatable bonds is 5. The van der Waals surface area contributed by atoms with Crippen LogP contribution in [0.15, 0.2) is 30.3 Å². The Labute approximate surface area is 128 Å². The highest BCUT2D eigenvalue weighted by Gasteiger charge is 2.13. The van der Waals surface area contributed by atoms with Crippen LogP contribution in [0.3, 0.4) is 0 Å². The summed E-state index contributed by atoms with van der Waals surface area (Å²) in [7, 11) is 0. The van der Waals surface area contributed by atoms with Crippen LogP contribution in [0.5, 0.6) is 0 Å². The molecule has 0 aromatic heterocycles. The Hall–Kier alpha value is -1.45. The van der Waals surface area contributed by atoms with Crippen LogP contribution in [0, 0.1) is 18.6 Å². The summed E-state index contributed by atoms with van der Waals surface area (Å²) in [6.07, 6.45) is 1.01. The molecular weight excluding hydrogens is 292 g/mol. The van der Waals surface area contributed by atoms with Gasteiger partial charge in [-0.05, 0) is 60.8 Å². The van der Waals surface area contributed by atoms with E-state index in [1.165, 1.54) is 12.1 Å². The second-order valence-electron chi connectivity index (χ2n) is 5.06. The van der Waals surface area contributed by atoms with Gasteiger partial charge in [0.2, 0.25) is 0 Å². The van der Waals surface area contributed by atoms with Crippen molar-refractivity contribution in [3.8, 4) is 11.1 Å². The van der Waals surface area contributed by atoms with E-state index in [1.54, 1.807) is 19.1 Å². The SMILES string of the molecule is CCCNCc1ccc(Cl)cc1-c1cc(F)c(C)cc1F. The van der Waals surface area contributed by atoms with Gasteiger partial charge in [0, 0.05) is 17.1 Å². The van der Waals surface area contributed by atoms with E-state index in [4.69, 9.17) is 11.6 Å². The molecule has 0 radical (unpaired) electrons. The van der Waals surface area contributed by atoms with Crippen LogP contribution in [0.1, 0.15) is 24.5 Å². The van der Waals surface area contributed by atoms with Gasteiger partial charge in [-0.25, -0.2) is 8.78 Å². The third-order valence-corrected chi connectivity index (χ3v) is 3.59. The largest absolute Gasteiger partial charge is 0.313 e. The fourth-order valence-corrected chi connectivity index (χ4v) is 2.38. The second kappa shape index (κ2) is 7.01. The maximum atomic E-state index is 14.2. The highest BCUT2D eigenvalue weighted by atomic mass is 35.5. The van der Waals surface area contributed by atoms with Crippen LogP contribution in [-0.2, 0) is 6.54 Å². The molecule has 2 rings (SSSR count). The molecule has 0 unspecified atom stereocenters. The molecule has 0 amide bonds. The van der Waals surface area contributed by atoms with Gasteiger partial charge < -0.3 is 5.32 Å². The molecule has 0 saturated heterocycles. The molecule has 2 aromatic rings. The first kappa shape index (κ1) is 15.9. The van der Waals surface area contributed by atoms with E-state index >= 15 is 0 Å². The summed E-state index contributed by atoms with van der Waals surface area (Å²) in [4.78, 5) is 0. The lowest BCUT2D eigenvalue weighted by Gasteiger charge is -2.13. The standard InChI is InChI=1S/C17H18ClF2N/c1-3-6-21-10-12-4-5-13(18)8-14(12)15-9-16(19)11(2)7-17(15)20/h4-5,7-9,21H,3,6,10H2,1-2H3. The van der Waals surface area contributed by atoms with E-state index in [0.717, 1.165) is 18.5 Å². The molecule has 2 aromatic carbocycles. The Balaban J connectivity index is 2.46. The lowest BCUT2D eigenvalue weighted by atomic mass is 9.97. The predicted molar refractivity (Wildman–Crippen MR) is 83.5 cm³/mol. The first-order valence-electron chi connectivity index (χ1n) is 6.98. The summed E-state index contributed by atoms with van der Waals surface area (Å²) in [5, 5.41) is 3.77. The van der Waals surface area contributed by atoms with Gasteiger partial charge in [0.15, 0.2) is 0 Å². The molecule has 0 bridgehead atoms. The van der Waals surface area contributed by atoms with E-state index in [-0.39, 0.29) is 5.56 Å². The molecule has 0 fully saturated rings. The fraction of sp³-hybridized carbons (Fsp3) is 0.294. The summed E-state index contributed by atoms with van der Waals surface area (Å²) in [5.41, 5.74) is 2.07. The lowest BCUT2D eigenvalue weighted by molar-refractivity contribution is 0.595. The molecule has 21 heavy (non-hydrogen) atoms. The normalized spacial score (nSPS) is 10.9. The smallest absolute Gasteiger partial charge is 0.131 e. The quantitative estimate of drug-likeness (QED) is 0.758. The number of halogens is 3.